The summed E-state index contributed by atoms with van der Waals surface area (Å²) in [5, 5.41) is 0. The molecule has 2 aliphatic heterocycles. The zero-order valence-electron chi connectivity index (χ0n) is 17.1. The smallest absolute Gasteiger partial charge is 0.224 e. The second kappa shape index (κ2) is 7.59. The fourth-order valence-corrected chi connectivity index (χ4v) is 5.21. The monoisotopic (exact) mass is 402 g/mol. The predicted molar refractivity (Wildman–Crippen MR) is 114 cm³/mol. The van der Waals surface area contributed by atoms with Crippen LogP contribution in [-0.2, 0) is 16.1 Å². The lowest BCUT2D eigenvalue weighted by molar-refractivity contribution is -0.132. The molecule has 0 spiro atoms. The van der Waals surface area contributed by atoms with E-state index in [1.807, 2.05) is 63.2 Å². The Morgan fingerprint density at radius 3 is 2.57 bits per heavy atom. The maximum Gasteiger partial charge on any atom is 0.224 e. The summed E-state index contributed by atoms with van der Waals surface area (Å²) in [6, 6.07) is 18.3. The van der Waals surface area contributed by atoms with Gasteiger partial charge in [0.15, 0.2) is 0 Å². The molecule has 0 N–H and O–H groups in total. The van der Waals surface area contributed by atoms with Crippen molar-refractivity contribution in [3.05, 3.63) is 66.5 Å². The molecule has 0 bridgehead atoms. The fraction of sp³-hybridized carbons (Fsp3) is 0.375. The molecule has 154 valence electrons. The van der Waals surface area contributed by atoms with E-state index in [1.165, 1.54) is 5.56 Å². The molecule has 0 unspecified atom stereocenters. The van der Waals surface area contributed by atoms with Crippen LogP contribution >= 0.6 is 0 Å². The van der Waals surface area contributed by atoms with E-state index in [1.54, 1.807) is 6.92 Å². The van der Waals surface area contributed by atoms with Gasteiger partial charge in [0.2, 0.25) is 11.8 Å². The van der Waals surface area contributed by atoms with Crippen LogP contribution in [0.3, 0.4) is 0 Å². The van der Waals surface area contributed by atoms with Crippen molar-refractivity contribution in [3.63, 3.8) is 0 Å². The predicted octanol–water partition coefficient (Wildman–Crippen LogP) is 3.10. The SMILES string of the molecule is CC(=O)N1C[C@H]2CN(C(=O)CCn3cnc4ccccc43)C[C@H]2[C@@H]1c1ccccc1. The van der Waals surface area contributed by atoms with Crippen molar-refractivity contribution in [3.8, 4) is 0 Å². The summed E-state index contributed by atoms with van der Waals surface area (Å²) in [5.74, 6) is 0.943. The third-order valence-electron chi connectivity index (χ3n) is 6.66. The minimum Gasteiger partial charge on any atom is -0.342 e. The molecule has 0 saturated carbocycles. The minimum atomic E-state index is 0.0593. The number of hydrogen-bond acceptors (Lipinski definition) is 3. The van der Waals surface area contributed by atoms with E-state index in [0.717, 1.165) is 30.7 Å². The van der Waals surface area contributed by atoms with Crippen LogP contribution in [0.5, 0.6) is 0 Å². The van der Waals surface area contributed by atoms with E-state index in [9.17, 15) is 9.59 Å². The van der Waals surface area contributed by atoms with Crippen LogP contribution in [0.2, 0.25) is 0 Å². The summed E-state index contributed by atoms with van der Waals surface area (Å²) in [4.78, 5) is 33.6. The molecule has 2 amide bonds. The van der Waals surface area contributed by atoms with Gasteiger partial charge in [0.05, 0.1) is 23.4 Å². The first-order valence-corrected chi connectivity index (χ1v) is 10.6. The number of imidazole rings is 1. The Bertz CT molecular complexity index is 1080. The zero-order chi connectivity index (χ0) is 20.7. The van der Waals surface area contributed by atoms with Crippen LogP contribution < -0.4 is 0 Å². The van der Waals surface area contributed by atoms with Crippen LogP contribution in [0, 0.1) is 11.8 Å². The highest BCUT2D eigenvalue weighted by Gasteiger charge is 2.49. The summed E-state index contributed by atoms with van der Waals surface area (Å²) >= 11 is 0. The quantitative estimate of drug-likeness (QED) is 0.674. The number of amides is 2. The van der Waals surface area contributed by atoms with Crippen LogP contribution in [0.4, 0.5) is 0 Å². The molecule has 3 aromatic rings. The first-order chi connectivity index (χ1) is 14.6. The molecular weight excluding hydrogens is 376 g/mol. The average Bonchev–Trinajstić information content (AvgIpc) is 3.45. The van der Waals surface area contributed by atoms with Gasteiger partial charge in [-0.25, -0.2) is 4.98 Å². The highest BCUT2D eigenvalue weighted by Crippen LogP contribution is 2.45. The standard InChI is InChI=1S/C24H26N4O2/c1-17(29)28-14-19-13-27(15-20(19)24(28)18-7-3-2-4-8-18)23(30)11-12-26-16-25-21-9-5-6-10-22(21)26/h2-10,16,19-20,24H,11-15H2,1H3/t19-,20-,24+/m1/s1. The molecule has 30 heavy (non-hydrogen) atoms. The molecule has 3 heterocycles. The zero-order valence-corrected chi connectivity index (χ0v) is 17.1. The van der Waals surface area contributed by atoms with Crippen LogP contribution in [0.1, 0.15) is 24.9 Å². The molecule has 5 rings (SSSR count). The highest BCUT2D eigenvalue weighted by atomic mass is 16.2. The molecule has 2 saturated heterocycles. The maximum atomic E-state index is 13.0. The minimum absolute atomic E-state index is 0.0593. The third-order valence-corrected chi connectivity index (χ3v) is 6.66. The lowest BCUT2D eigenvalue weighted by atomic mass is 9.89. The Hall–Kier alpha value is -3.15. The average molecular weight is 402 g/mol. The number of fused-ring (bicyclic) bond motifs is 2. The van der Waals surface area contributed by atoms with E-state index < -0.39 is 0 Å². The molecule has 1 aromatic heterocycles. The number of rotatable bonds is 4. The number of hydrogen-bond donors (Lipinski definition) is 0. The van der Waals surface area contributed by atoms with Crippen LogP contribution in [0.15, 0.2) is 60.9 Å². The van der Waals surface area contributed by atoms with Crippen molar-refractivity contribution in [2.24, 2.45) is 11.8 Å². The first kappa shape index (κ1) is 18.9. The normalized spacial score (nSPS) is 23.2. The van der Waals surface area contributed by atoms with Gasteiger partial charge in [0.25, 0.3) is 0 Å². The Morgan fingerprint density at radius 1 is 1.00 bits per heavy atom. The molecular formula is C24H26N4O2. The van der Waals surface area contributed by atoms with Crippen molar-refractivity contribution >= 4 is 22.8 Å². The number of aryl methyl sites for hydroxylation is 1. The van der Waals surface area contributed by atoms with Crippen molar-refractivity contribution in [1.82, 2.24) is 19.4 Å². The largest absolute Gasteiger partial charge is 0.342 e. The summed E-state index contributed by atoms with van der Waals surface area (Å²) in [6.45, 7) is 4.47. The molecule has 6 nitrogen and oxygen atoms in total. The number of benzene rings is 2. The third kappa shape index (κ3) is 3.26. The summed E-state index contributed by atoms with van der Waals surface area (Å²) in [7, 11) is 0. The summed E-state index contributed by atoms with van der Waals surface area (Å²) in [6.07, 6.45) is 2.28. The molecule has 0 radical (unpaired) electrons. The summed E-state index contributed by atoms with van der Waals surface area (Å²) < 4.78 is 2.05. The highest BCUT2D eigenvalue weighted by molar-refractivity contribution is 5.78. The van der Waals surface area contributed by atoms with Gasteiger partial charge in [-0.2, -0.15) is 0 Å². The lowest BCUT2D eigenvalue weighted by Gasteiger charge is -2.29. The Balaban J connectivity index is 1.28. The Kier molecular flexibility index (Phi) is 4.77. The number of nitrogens with zero attached hydrogens (tertiary/aromatic N) is 4. The fourth-order valence-electron chi connectivity index (χ4n) is 5.21. The van der Waals surface area contributed by atoms with Gasteiger partial charge in [-0.15, -0.1) is 0 Å². The topological polar surface area (TPSA) is 58.4 Å². The van der Waals surface area contributed by atoms with E-state index in [0.29, 0.717) is 24.8 Å². The molecule has 0 aliphatic carbocycles. The van der Waals surface area contributed by atoms with Gasteiger partial charge in [0, 0.05) is 51.4 Å². The number of para-hydroxylation sites is 2. The van der Waals surface area contributed by atoms with Crippen LogP contribution in [-0.4, -0.2) is 50.8 Å². The van der Waals surface area contributed by atoms with Gasteiger partial charge in [-0.3, -0.25) is 9.59 Å². The number of carbonyl (C=O) groups excluding carboxylic acids is 2. The van der Waals surface area contributed by atoms with Crippen LogP contribution in [0.25, 0.3) is 11.0 Å². The Morgan fingerprint density at radius 2 is 1.77 bits per heavy atom. The van der Waals surface area contributed by atoms with Crippen molar-refractivity contribution in [2.75, 3.05) is 19.6 Å². The van der Waals surface area contributed by atoms with E-state index in [-0.39, 0.29) is 17.9 Å². The first-order valence-electron chi connectivity index (χ1n) is 10.6. The van der Waals surface area contributed by atoms with Crippen molar-refractivity contribution < 1.29 is 9.59 Å². The van der Waals surface area contributed by atoms with Gasteiger partial charge >= 0.3 is 0 Å². The number of likely N-dealkylation sites (tertiary alicyclic amines) is 2. The van der Waals surface area contributed by atoms with Gasteiger partial charge in [0.1, 0.15) is 0 Å². The summed E-state index contributed by atoms with van der Waals surface area (Å²) in [5.41, 5.74) is 3.18. The number of carbonyl (C=O) groups is 2. The molecule has 2 aliphatic rings. The molecule has 6 heteroatoms. The molecule has 3 atom stereocenters. The number of aromatic nitrogens is 2. The van der Waals surface area contributed by atoms with Gasteiger partial charge < -0.3 is 14.4 Å². The van der Waals surface area contributed by atoms with Crippen molar-refractivity contribution in [1.29, 1.82) is 0 Å². The van der Waals surface area contributed by atoms with E-state index in [2.05, 4.69) is 17.1 Å². The maximum absolute atomic E-state index is 13.0. The Labute approximate surface area is 176 Å². The molecule has 2 fully saturated rings. The van der Waals surface area contributed by atoms with Gasteiger partial charge in [-0.05, 0) is 17.7 Å². The lowest BCUT2D eigenvalue weighted by Crippen LogP contribution is -2.36. The second-order valence-corrected chi connectivity index (χ2v) is 8.43. The van der Waals surface area contributed by atoms with E-state index in [4.69, 9.17) is 0 Å². The van der Waals surface area contributed by atoms with Gasteiger partial charge in [-0.1, -0.05) is 42.5 Å². The van der Waals surface area contributed by atoms with E-state index >= 15 is 0 Å². The second-order valence-electron chi connectivity index (χ2n) is 8.43. The van der Waals surface area contributed by atoms with Crippen molar-refractivity contribution in [2.45, 2.75) is 25.9 Å². The molecule has 2 aromatic carbocycles.